The van der Waals surface area contributed by atoms with Crippen molar-refractivity contribution in [3.8, 4) is 0 Å². The van der Waals surface area contributed by atoms with Crippen molar-refractivity contribution in [1.82, 2.24) is 4.98 Å². The Balaban J connectivity index is 1.75. The number of benzene rings is 2. The average Bonchev–Trinajstić information content (AvgIpc) is 3.04. The van der Waals surface area contributed by atoms with Crippen LogP contribution < -0.4 is 0 Å². The molecule has 3 rings (SSSR count). The van der Waals surface area contributed by atoms with Gasteiger partial charge in [0, 0.05) is 24.1 Å². The van der Waals surface area contributed by atoms with Gasteiger partial charge in [-0.1, -0.05) is 48.5 Å². The van der Waals surface area contributed by atoms with E-state index in [1.807, 2.05) is 30.3 Å². The zero-order valence-corrected chi connectivity index (χ0v) is 14.0. The SMILES string of the molecule is O=C(O)C(Cc1ccccc1)(OCCc1cc2ccccc2[nH]1)C(=O)O. The molecule has 6 heteroatoms. The van der Waals surface area contributed by atoms with Crippen molar-refractivity contribution < 1.29 is 24.5 Å². The second-order valence-electron chi connectivity index (χ2n) is 6.08. The van der Waals surface area contributed by atoms with Crippen LogP contribution in [0.15, 0.2) is 60.7 Å². The van der Waals surface area contributed by atoms with Crippen LogP contribution >= 0.6 is 0 Å². The van der Waals surface area contributed by atoms with Gasteiger partial charge in [-0.15, -0.1) is 0 Å². The molecule has 0 saturated heterocycles. The van der Waals surface area contributed by atoms with E-state index in [4.69, 9.17) is 4.74 Å². The fourth-order valence-electron chi connectivity index (χ4n) is 2.90. The van der Waals surface area contributed by atoms with Crippen molar-refractivity contribution in [3.05, 3.63) is 71.9 Å². The van der Waals surface area contributed by atoms with E-state index < -0.39 is 17.5 Å². The highest BCUT2D eigenvalue weighted by atomic mass is 16.5. The minimum atomic E-state index is -2.31. The number of carbonyl (C=O) groups is 2. The van der Waals surface area contributed by atoms with Crippen LogP contribution in [-0.2, 0) is 27.2 Å². The number of ether oxygens (including phenoxy) is 1. The van der Waals surface area contributed by atoms with Crippen LogP contribution in [0, 0.1) is 0 Å². The van der Waals surface area contributed by atoms with Gasteiger partial charge in [-0.3, -0.25) is 0 Å². The average molecular weight is 353 g/mol. The van der Waals surface area contributed by atoms with Crippen molar-refractivity contribution in [2.75, 3.05) is 6.61 Å². The lowest BCUT2D eigenvalue weighted by molar-refractivity contribution is -0.183. The molecule has 0 aliphatic rings. The van der Waals surface area contributed by atoms with E-state index in [2.05, 4.69) is 4.98 Å². The highest BCUT2D eigenvalue weighted by Gasteiger charge is 2.48. The van der Waals surface area contributed by atoms with E-state index in [0.29, 0.717) is 12.0 Å². The molecule has 0 spiro atoms. The second kappa shape index (κ2) is 7.41. The van der Waals surface area contributed by atoms with Crippen LogP contribution in [0.25, 0.3) is 10.9 Å². The zero-order chi connectivity index (χ0) is 18.6. The lowest BCUT2D eigenvalue weighted by Crippen LogP contribution is -2.51. The summed E-state index contributed by atoms with van der Waals surface area (Å²) in [6.45, 7) is -0.0295. The number of aromatic nitrogens is 1. The molecule has 2 aromatic carbocycles. The summed E-state index contributed by atoms with van der Waals surface area (Å²) in [5.41, 5.74) is 0.0981. The number of fused-ring (bicyclic) bond motifs is 1. The summed E-state index contributed by atoms with van der Waals surface area (Å²) in [6, 6.07) is 18.3. The van der Waals surface area contributed by atoms with Crippen molar-refractivity contribution in [1.29, 1.82) is 0 Å². The summed E-state index contributed by atoms with van der Waals surface area (Å²) in [5.74, 6) is -3.02. The predicted octanol–water partition coefficient (Wildman–Crippen LogP) is 2.88. The largest absolute Gasteiger partial charge is 0.479 e. The number of hydrogen-bond donors (Lipinski definition) is 3. The van der Waals surface area contributed by atoms with Crippen LogP contribution in [0.1, 0.15) is 11.3 Å². The molecule has 3 aromatic rings. The van der Waals surface area contributed by atoms with Gasteiger partial charge in [0.15, 0.2) is 0 Å². The Hall–Kier alpha value is -3.12. The fraction of sp³-hybridized carbons (Fsp3) is 0.200. The molecule has 0 fully saturated rings. The molecule has 1 aromatic heterocycles. The molecule has 0 atom stereocenters. The van der Waals surface area contributed by atoms with Gasteiger partial charge in [-0.2, -0.15) is 0 Å². The van der Waals surface area contributed by atoms with Crippen LogP contribution in [0.2, 0.25) is 0 Å². The Labute approximate surface area is 150 Å². The molecule has 3 N–H and O–H groups in total. The van der Waals surface area contributed by atoms with Gasteiger partial charge >= 0.3 is 11.9 Å². The Morgan fingerprint density at radius 1 is 0.962 bits per heavy atom. The van der Waals surface area contributed by atoms with E-state index in [1.165, 1.54) is 0 Å². The van der Waals surface area contributed by atoms with Gasteiger partial charge in [0.05, 0.1) is 6.61 Å². The number of rotatable bonds is 8. The predicted molar refractivity (Wildman–Crippen MR) is 96.1 cm³/mol. The first-order chi connectivity index (χ1) is 12.5. The molecule has 0 amide bonds. The number of nitrogens with one attached hydrogen (secondary N) is 1. The third-order valence-electron chi connectivity index (χ3n) is 4.29. The van der Waals surface area contributed by atoms with Crippen LogP contribution in [0.5, 0.6) is 0 Å². The van der Waals surface area contributed by atoms with Crippen LogP contribution in [0.4, 0.5) is 0 Å². The quantitative estimate of drug-likeness (QED) is 0.541. The molecule has 134 valence electrons. The molecule has 6 nitrogen and oxygen atoms in total. The molecule has 0 bridgehead atoms. The minimum Gasteiger partial charge on any atom is -0.479 e. The third-order valence-corrected chi connectivity index (χ3v) is 4.29. The number of aromatic amines is 1. The summed E-state index contributed by atoms with van der Waals surface area (Å²) in [5, 5.41) is 20.1. The van der Waals surface area contributed by atoms with Crippen molar-refractivity contribution in [2.45, 2.75) is 18.4 Å². The monoisotopic (exact) mass is 353 g/mol. The molecular weight excluding hydrogens is 334 g/mol. The summed E-state index contributed by atoms with van der Waals surface area (Å²) in [4.78, 5) is 26.7. The summed E-state index contributed by atoms with van der Waals surface area (Å²) in [7, 11) is 0. The fourth-order valence-corrected chi connectivity index (χ4v) is 2.90. The van der Waals surface area contributed by atoms with E-state index in [1.54, 1.807) is 30.3 Å². The number of para-hydroxylation sites is 1. The Morgan fingerprint density at radius 2 is 1.62 bits per heavy atom. The number of H-pyrrole nitrogens is 1. The molecule has 0 radical (unpaired) electrons. The molecule has 0 unspecified atom stereocenters. The maximum Gasteiger partial charge on any atom is 0.348 e. The molecule has 1 heterocycles. The maximum absolute atomic E-state index is 11.7. The molecule has 0 aliphatic carbocycles. The van der Waals surface area contributed by atoms with Gasteiger partial charge in [0.1, 0.15) is 0 Å². The third kappa shape index (κ3) is 3.60. The first-order valence-corrected chi connectivity index (χ1v) is 8.22. The molecule has 0 saturated carbocycles. The Kier molecular flexibility index (Phi) is 5.04. The Bertz CT molecular complexity index is 869. The Morgan fingerprint density at radius 3 is 2.27 bits per heavy atom. The highest BCUT2D eigenvalue weighted by molar-refractivity contribution is 6.02. The lowest BCUT2D eigenvalue weighted by Gasteiger charge is -2.25. The van der Waals surface area contributed by atoms with E-state index in [0.717, 1.165) is 16.6 Å². The van der Waals surface area contributed by atoms with Gasteiger partial charge in [-0.25, -0.2) is 9.59 Å². The number of carboxylic acids is 2. The minimum absolute atomic E-state index is 0.0295. The topological polar surface area (TPSA) is 99.6 Å². The van der Waals surface area contributed by atoms with Gasteiger partial charge < -0.3 is 19.9 Å². The van der Waals surface area contributed by atoms with Crippen LogP contribution in [-0.4, -0.2) is 39.3 Å². The summed E-state index contributed by atoms with van der Waals surface area (Å²) in [6.07, 6.45) is 0.136. The van der Waals surface area contributed by atoms with Gasteiger partial charge in [0.2, 0.25) is 0 Å². The number of hydrogen-bond acceptors (Lipinski definition) is 3. The highest BCUT2D eigenvalue weighted by Crippen LogP contribution is 2.21. The maximum atomic E-state index is 11.7. The van der Waals surface area contributed by atoms with Crippen molar-refractivity contribution >= 4 is 22.8 Å². The van der Waals surface area contributed by atoms with E-state index in [-0.39, 0.29) is 13.0 Å². The number of aliphatic carboxylic acids is 2. The normalized spacial score (nSPS) is 11.5. The molecule has 0 aliphatic heterocycles. The molecule has 26 heavy (non-hydrogen) atoms. The molecular formula is C20H19NO5. The van der Waals surface area contributed by atoms with Gasteiger partial charge in [0.25, 0.3) is 5.60 Å². The summed E-state index contributed by atoms with van der Waals surface area (Å²) < 4.78 is 5.44. The summed E-state index contributed by atoms with van der Waals surface area (Å²) >= 11 is 0. The first kappa shape index (κ1) is 17.7. The van der Waals surface area contributed by atoms with Crippen molar-refractivity contribution in [3.63, 3.8) is 0 Å². The second-order valence-corrected chi connectivity index (χ2v) is 6.08. The zero-order valence-electron chi connectivity index (χ0n) is 14.0. The van der Waals surface area contributed by atoms with E-state index >= 15 is 0 Å². The van der Waals surface area contributed by atoms with Crippen LogP contribution in [0.3, 0.4) is 0 Å². The number of carboxylic acid groups (broad SMARTS) is 2. The lowest BCUT2D eigenvalue weighted by atomic mass is 9.94. The standard InChI is InChI=1S/C20H19NO5/c22-18(23)20(19(24)25,13-14-6-2-1-3-7-14)26-11-10-16-12-15-8-4-5-9-17(15)21-16/h1-9,12,21H,10-11,13H2,(H,22,23)(H,24,25). The van der Waals surface area contributed by atoms with Gasteiger partial charge in [-0.05, 0) is 23.1 Å². The van der Waals surface area contributed by atoms with E-state index in [9.17, 15) is 19.8 Å². The van der Waals surface area contributed by atoms with Crippen molar-refractivity contribution in [2.24, 2.45) is 0 Å². The smallest absolute Gasteiger partial charge is 0.348 e. The first-order valence-electron chi connectivity index (χ1n) is 8.22.